The van der Waals surface area contributed by atoms with E-state index in [1.54, 1.807) is 18.7 Å². The van der Waals surface area contributed by atoms with E-state index < -0.39 is 0 Å². The molecule has 0 aliphatic carbocycles. The minimum absolute atomic E-state index is 0.0332. The molecular formula is C20H23N5O2. The van der Waals surface area contributed by atoms with E-state index in [9.17, 15) is 9.59 Å². The number of benzene rings is 1. The highest BCUT2D eigenvalue weighted by Gasteiger charge is 2.23. The molecule has 2 amide bonds. The van der Waals surface area contributed by atoms with Gasteiger partial charge in [-0.15, -0.1) is 0 Å². The Morgan fingerprint density at radius 2 is 1.89 bits per heavy atom. The fraction of sp³-hybridized carbons (Fsp3) is 0.400. The van der Waals surface area contributed by atoms with E-state index in [0.29, 0.717) is 12.5 Å². The lowest BCUT2D eigenvalue weighted by Gasteiger charge is -2.31. The van der Waals surface area contributed by atoms with Crippen LogP contribution < -0.4 is 4.90 Å². The maximum absolute atomic E-state index is 12.4. The normalized spacial score (nSPS) is 18.6. The van der Waals surface area contributed by atoms with Crippen molar-refractivity contribution < 1.29 is 9.59 Å². The molecule has 2 saturated heterocycles. The summed E-state index contributed by atoms with van der Waals surface area (Å²) in [5.74, 6) is 0.216. The van der Waals surface area contributed by atoms with Crippen molar-refractivity contribution in [2.75, 3.05) is 24.5 Å². The van der Waals surface area contributed by atoms with Gasteiger partial charge in [0, 0.05) is 37.8 Å². The van der Waals surface area contributed by atoms with Gasteiger partial charge in [-0.1, -0.05) is 12.1 Å². The summed E-state index contributed by atoms with van der Waals surface area (Å²) < 4.78 is 1.88. The first-order valence-corrected chi connectivity index (χ1v) is 9.42. The Labute approximate surface area is 158 Å². The molecule has 2 fully saturated rings. The van der Waals surface area contributed by atoms with Crippen LogP contribution in [0, 0.1) is 0 Å². The number of piperidine rings is 1. The van der Waals surface area contributed by atoms with Gasteiger partial charge in [-0.3, -0.25) is 9.59 Å². The molecule has 0 saturated carbocycles. The zero-order valence-corrected chi connectivity index (χ0v) is 15.2. The lowest BCUT2D eigenvalue weighted by Crippen LogP contribution is -2.38. The molecule has 0 atom stereocenters. The number of nitrogens with zero attached hydrogens (tertiary/aromatic N) is 5. The summed E-state index contributed by atoms with van der Waals surface area (Å²) in [4.78, 5) is 31.9. The van der Waals surface area contributed by atoms with Crippen LogP contribution in [0.25, 0.3) is 6.08 Å². The average Bonchev–Trinajstić information content (AvgIpc) is 3.39. The summed E-state index contributed by atoms with van der Waals surface area (Å²) in [5.41, 5.74) is 1.88. The first kappa shape index (κ1) is 17.5. The minimum Gasteiger partial charge on any atom is -0.339 e. The van der Waals surface area contributed by atoms with Crippen molar-refractivity contribution in [2.45, 2.75) is 31.7 Å². The number of carbonyl (C=O) groups is 2. The van der Waals surface area contributed by atoms with Gasteiger partial charge in [-0.25, -0.2) is 9.67 Å². The van der Waals surface area contributed by atoms with Crippen molar-refractivity contribution in [3.63, 3.8) is 0 Å². The lowest BCUT2D eigenvalue weighted by molar-refractivity contribution is -0.127. The van der Waals surface area contributed by atoms with Crippen molar-refractivity contribution >= 4 is 23.6 Å². The highest BCUT2D eigenvalue weighted by atomic mass is 16.2. The molecule has 1 aromatic heterocycles. The molecule has 2 aliphatic rings. The van der Waals surface area contributed by atoms with Crippen LogP contribution in [0.2, 0.25) is 0 Å². The molecule has 2 aliphatic heterocycles. The third-order valence-corrected chi connectivity index (χ3v) is 5.28. The molecule has 7 heteroatoms. The van der Waals surface area contributed by atoms with Crippen LogP contribution in [0.3, 0.4) is 0 Å². The van der Waals surface area contributed by atoms with E-state index in [-0.39, 0.29) is 11.8 Å². The van der Waals surface area contributed by atoms with E-state index in [0.717, 1.165) is 50.1 Å². The molecule has 0 N–H and O–H groups in total. The SMILES string of the molecule is O=C(/C=C/c1ccc(N2CCCC2=O)cc1)N1CCC(n2cncn2)CC1. The third kappa shape index (κ3) is 3.92. The van der Waals surface area contributed by atoms with Gasteiger partial charge in [0.15, 0.2) is 0 Å². The second-order valence-electron chi connectivity index (χ2n) is 7.01. The zero-order chi connectivity index (χ0) is 18.6. The Kier molecular flexibility index (Phi) is 5.00. The second-order valence-corrected chi connectivity index (χ2v) is 7.01. The Balaban J connectivity index is 1.31. The molecule has 0 radical (unpaired) electrons. The number of likely N-dealkylation sites (tertiary alicyclic amines) is 1. The molecule has 27 heavy (non-hydrogen) atoms. The van der Waals surface area contributed by atoms with E-state index in [1.807, 2.05) is 44.8 Å². The first-order valence-electron chi connectivity index (χ1n) is 9.42. The molecule has 2 aromatic rings. The van der Waals surface area contributed by atoms with Gasteiger partial charge < -0.3 is 9.80 Å². The second kappa shape index (κ2) is 7.73. The molecule has 7 nitrogen and oxygen atoms in total. The van der Waals surface area contributed by atoms with Gasteiger partial charge in [-0.2, -0.15) is 5.10 Å². The predicted octanol–water partition coefficient (Wildman–Crippen LogP) is 2.28. The Bertz CT molecular complexity index is 821. The van der Waals surface area contributed by atoms with Gasteiger partial charge in [0.1, 0.15) is 12.7 Å². The van der Waals surface area contributed by atoms with Gasteiger partial charge >= 0.3 is 0 Å². The largest absolute Gasteiger partial charge is 0.339 e. The third-order valence-electron chi connectivity index (χ3n) is 5.28. The van der Waals surface area contributed by atoms with E-state index in [2.05, 4.69) is 10.1 Å². The molecule has 0 bridgehead atoms. The van der Waals surface area contributed by atoms with Crippen molar-refractivity contribution in [2.24, 2.45) is 0 Å². The number of amides is 2. The number of aromatic nitrogens is 3. The fourth-order valence-electron chi connectivity index (χ4n) is 3.72. The summed E-state index contributed by atoms with van der Waals surface area (Å²) in [6, 6.07) is 8.10. The summed E-state index contributed by atoms with van der Waals surface area (Å²) in [7, 11) is 0. The highest BCUT2D eigenvalue weighted by molar-refractivity contribution is 5.95. The summed E-state index contributed by atoms with van der Waals surface area (Å²) in [5, 5.41) is 4.19. The zero-order valence-electron chi connectivity index (χ0n) is 15.2. The fourth-order valence-corrected chi connectivity index (χ4v) is 3.72. The van der Waals surface area contributed by atoms with Gasteiger partial charge in [0.05, 0.1) is 6.04 Å². The van der Waals surface area contributed by atoms with E-state index in [4.69, 9.17) is 0 Å². The quantitative estimate of drug-likeness (QED) is 0.780. The van der Waals surface area contributed by atoms with E-state index >= 15 is 0 Å². The van der Waals surface area contributed by atoms with Crippen molar-refractivity contribution in [3.8, 4) is 0 Å². The molecule has 4 rings (SSSR count). The Hall–Kier alpha value is -2.96. The summed E-state index contributed by atoms with van der Waals surface area (Å²) in [6.07, 6.45) is 10.1. The monoisotopic (exact) mass is 365 g/mol. The minimum atomic E-state index is 0.0332. The standard InChI is InChI=1S/C20H23N5O2/c26-19(23-12-9-18(10-13-23)25-15-21-14-22-25)8-5-16-3-6-17(7-4-16)24-11-1-2-20(24)27/h3-8,14-15,18H,1-2,9-13H2/b8-5+. The summed E-state index contributed by atoms with van der Waals surface area (Å²) >= 11 is 0. The van der Waals surface area contributed by atoms with Crippen molar-refractivity contribution in [1.29, 1.82) is 0 Å². The van der Waals surface area contributed by atoms with Crippen LogP contribution in [0.5, 0.6) is 0 Å². The molecular weight excluding hydrogens is 342 g/mol. The number of hydrogen-bond acceptors (Lipinski definition) is 4. The Morgan fingerprint density at radius 1 is 1.11 bits per heavy atom. The molecule has 3 heterocycles. The topological polar surface area (TPSA) is 71.3 Å². The number of anilines is 1. The van der Waals surface area contributed by atoms with Crippen LogP contribution in [-0.4, -0.2) is 51.1 Å². The summed E-state index contributed by atoms with van der Waals surface area (Å²) in [6.45, 7) is 2.24. The van der Waals surface area contributed by atoms with Crippen LogP contribution in [0.4, 0.5) is 5.69 Å². The highest BCUT2D eigenvalue weighted by Crippen LogP contribution is 2.23. The molecule has 1 aromatic carbocycles. The van der Waals surface area contributed by atoms with Crippen molar-refractivity contribution in [3.05, 3.63) is 48.6 Å². The maximum Gasteiger partial charge on any atom is 0.246 e. The first-order chi connectivity index (χ1) is 13.2. The molecule has 0 spiro atoms. The molecule has 0 unspecified atom stereocenters. The van der Waals surface area contributed by atoms with Crippen LogP contribution in [0.15, 0.2) is 43.0 Å². The average molecular weight is 365 g/mol. The smallest absolute Gasteiger partial charge is 0.246 e. The number of carbonyl (C=O) groups excluding carboxylic acids is 2. The number of hydrogen-bond donors (Lipinski definition) is 0. The van der Waals surface area contributed by atoms with Crippen molar-refractivity contribution in [1.82, 2.24) is 19.7 Å². The lowest BCUT2D eigenvalue weighted by atomic mass is 10.1. The van der Waals surface area contributed by atoms with Gasteiger partial charge in [-0.05, 0) is 43.0 Å². The van der Waals surface area contributed by atoms with Crippen LogP contribution in [-0.2, 0) is 9.59 Å². The predicted molar refractivity (Wildman–Crippen MR) is 102 cm³/mol. The number of rotatable bonds is 4. The van der Waals surface area contributed by atoms with E-state index in [1.165, 1.54) is 0 Å². The van der Waals surface area contributed by atoms with Crippen LogP contribution >= 0.6 is 0 Å². The maximum atomic E-state index is 12.4. The van der Waals surface area contributed by atoms with Crippen LogP contribution in [0.1, 0.15) is 37.3 Å². The van der Waals surface area contributed by atoms with Gasteiger partial charge in [0.25, 0.3) is 0 Å². The van der Waals surface area contributed by atoms with Gasteiger partial charge in [0.2, 0.25) is 11.8 Å². The molecule has 140 valence electrons. The Morgan fingerprint density at radius 3 is 2.52 bits per heavy atom.